The first kappa shape index (κ1) is 12.1. The van der Waals surface area contributed by atoms with Gasteiger partial charge in [0, 0.05) is 6.58 Å². The average molecular weight is 161 g/mol. The van der Waals surface area contributed by atoms with Gasteiger partial charge in [-0.3, -0.25) is 0 Å². The lowest BCUT2D eigenvalue weighted by molar-refractivity contribution is 0.115. The van der Waals surface area contributed by atoms with Gasteiger partial charge in [-0.1, -0.05) is 12.7 Å². The van der Waals surface area contributed by atoms with Gasteiger partial charge < -0.3 is 20.1 Å². The molecule has 0 amide bonds. The Morgan fingerprint density at radius 2 is 1.82 bits per heavy atom. The highest BCUT2D eigenvalue weighted by Gasteiger charge is 1.78. The second-order valence-corrected chi connectivity index (χ2v) is 1.44. The van der Waals surface area contributed by atoms with Crippen molar-refractivity contribution in [2.24, 2.45) is 0 Å². The van der Waals surface area contributed by atoms with Gasteiger partial charge in [0.05, 0.1) is 0 Å². The maximum atomic E-state index is 8.22. The molecule has 0 bridgehead atoms. The van der Waals surface area contributed by atoms with Crippen molar-refractivity contribution in [1.82, 2.24) is 0 Å². The first-order valence-electron chi connectivity index (χ1n) is 2.71. The van der Waals surface area contributed by atoms with Crippen molar-refractivity contribution in [2.45, 2.75) is 0 Å². The van der Waals surface area contributed by atoms with Gasteiger partial charge in [-0.25, -0.2) is 0 Å². The molecular weight excluding hydrogens is 148 g/mol. The van der Waals surface area contributed by atoms with E-state index in [0.29, 0.717) is 6.61 Å². The van der Waals surface area contributed by atoms with Crippen LogP contribution in [0.5, 0.6) is 0 Å². The van der Waals surface area contributed by atoms with Crippen LogP contribution >= 0.6 is 0 Å². The molecule has 0 aliphatic carbocycles. The number of hydrogen-bond donors (Lipinski definition) is 2. The summed E-state index contributed by atoms with van der Waals surface area (Å²) >= 11 is 0. The molecular formula is C7H13O4+. The van der Waals surface area contributed by atoms with E-state index in [9.17, 15) is 0 Å². The second kappa shape index (κ2) is 8.42. The topological polar surface area (TPSA) is 72.6 Å². The summed E-state index contributed by atoms with van der Waals surface area (Å²) < 4.78 is 4.43. The number of aliphatic hydroxyl groups excluding tert-OH is 2. The van der Waals surface area contributed by atoms with Crippen LogP contribution < -0.4 is 0 Å². The fourth-order valence-electron chi connectivity index (χ4n) is 0.155. The molecule has 0 unspecified atom stereocenters. The van der Waals surface area contributed by atoms with Gasteiger partial charge in [0.1, 0.15) is 6.61 Å². The van der Waals surface area contributed by atoms with Crippen LogP contribution in [0.25, 0.3) is 0 Å². The summed E-state index contributed by atoms with van der Waals surface area (Å²) in [5.41, 5.74) is 0. The summed E-state index contributed by atoms with van der Waals surface area (Å²) in [7, 11) is 0. The fourth-order valence-corrected chi connectivity index (χ4v) is 0.155. The minimum atomic E-state index is -0.583. The quantitative estimate of drug-likeness (QED) is 0.368. The second-order valence-electron chi connectivity index (χ2n) is 1.44. The lowest BCUT2D eigenvalue weighted by atomic mass is 10.7. The summed E-state index contributed by atoms with van der Waals surface area (Å²) in [4.78, 5) is 0. The van der Waals surface area contributed by atoms with Crippen LogP contribution in [0.15, 0.2) is 37.7 Å². The zero-order valence-corrected chi connectivity index (χ0v) is 6.21. The Bertz CT molecular complexity index is 135. The van der Waals surface area contributed by atoms with Crippen molar-refractivity contribution in [1.29, 1.82) is 0 Å². The third kappa shape index (κ3) is 59.3. The molecule has 0 saturated carbocycles. The Morgan fingerprint density at radius 1 is 1.45 bits per heavy atom. The SMILES string of the molecule is C=C(O)[OH2+].C=CCOC(=C)O. The number of ether oxygens (including phenoxy) is 1. The average Bonchev–Trinajstić information content (AvgIpc) is 1.82. The lowest BCUT2D eigenvalue weighted by Gasteiger charge is -1.94. The number of aliphatic hydroxyl groups is 2. The van der Waals surface area contributed by atoms with Crippen molar-refractivity contribution in [3.05, 3.63) is 37.7 Å². The van der Waals surface area contributed by atoms with E-state index in [1.54, 1.807) is 0 Å². The Hall–Kier alpha value is -1.58. The molecule has 4 heteroatoms. The van der Waals surface area contributed by atoms with Crippen molar-refractivity contribution < 1.29 is 20.1 Å². The molecule has 0 aromatic carbocycles. The lowest BCUT2D eigenvalue weighted by Crippen LogP contribution is -1.86. The van der Waals surface area contributed by atoms with E-state index < -0.39 is 5.95 Å². The van der Waals surface area contributed by atoms with E-state index in [1.807, 2.05) is 0 Å². The molecule has 0 aliphatic rings. The zero-order valence-electron chi connectivity index (χ0n) is 6.21. The third-order valence-electron chi connectivity index (χ3n) is 0.368. The molecule has 0 radical (unpaired) electrons. The van der Waals surface area contributed by atoms with Gasteiger partial charge in [0.25, 0.3) is 5.95 Å². The molecule has 64 valence electrons. The Kier molecular flexibility index (Phi) is 9.29. The Morgan fingerprint density at radius 3 is 1.91 bits per heavy atom. The summed E-state index contributed by atoms with van der Waals surface area (Å²) in [5, 5.41) is 21.7. The predicted octanol–water partition coefficient (Wildman–Crippen LogP) is 0.958. The largest absolute Gasteiger partial charge is 0.567 e. The zero-order chi connectivity index (χ0) is 9.28. The Balaban J connectivity index is 0. The van der Waals surface area contributed by atoms with Gasteiger partial charge >= 0.3 is 5.95 Å². The fraction of sp³-hybridized carbons (Fsp3) is 0.143. The first-order chi connectivity index (χ1) is 5.00. The summed E-state index contributed by atoms with van der Waals surface area (Å²) in [6.45, 7) is 9.53. The van der Waals surface area contributed by atoms with Crippen LogP contribution in [0, 0.1) is 0 Å². The normalized spacial score (nSPS) is 6.91. The molecule has 11 heavy (non-hydrogen) atoms. The standard InChI is InChI=1S/C5H8O2.C2H4O2/c1-3-4-7-5(2)6;1-2(3)4/h3,6H,1-2,4H2;3-4H,1H2/p+1. The van der Waals surface area contributed by atoms with Gasteiger partial charge in [-0.15, -0.1) is 0 Å². The Labute approximate surface area is 65.4 Å². The van der Waals surface area contributed by atoms with Crippen molar-refractivity contribution in [3.63, 3.8) is 0 Å². The summed E-state index contributed by atoms with van der Waals surface area (Å²) in [6.07, 6.45) is 1.53. The molecule has 0 atom stereocenters. The molecule has 0 aromatic rings. The highest BCUT2D eigenvalue weighted by molar-refractivity contribution is 4.70. The summed E-state index contributed by atoms with van der Waals surface area (Å²) in [5.74, 6) is -0.847. The molecule has 0 aromatic heterocycles. The van der Waals surface area contributed by atoms with Crippen LogP contribution in [0.1, 0.15) is 0 Å². The van der Waals surface area contributed by atoms with Gasteiger partial charge in [-0.2, -0.15) is 0 Å². The molecule has 0 heterocycles. The molecule has 0 rings (SSSR count). The van der Waals surface area contributed by atoms with Crippen molar-refractivity contribution in [2.75, 3.05) is 6.61 Å². The molecule has 0 saturated heterocycles. The molecule has 0 fully saturated rings. The molecule has 0 spiro atoms. The number of rotatable bonds is 3. The van der Waals surface area contributed by atoms with Crippen molar-refractivity contribution >= 4 is 0 Å². The predicted molar refractivity (Wildman–Crippen MR) is 43.3 cm³/mol. The van der Waals surface area contributed by atoms with Gasteiger partial charge in [-0.05, 0) is 6.58 Å². The molecule has 4 nitrogen and oxygen atoms in total. The van der Waals surface area contributed by atoms with E-state index in [4.69, 9.17) is 15.3 Å². The first-order valence-corrected chi connectivity index (χ1v) is 2.71. The molecule has 0 aliphatic heterocycles. The maximum Gasteiger partial charge on any atom is 0.441 e. The summed E-state index contributed by atoms with van der Waals surface area (Å²) in [6, 6.07) is 0. The van der Waals surface area contributed by atoms with Gasteiger partial charge in [0.2, 0.25) is 0 Å². The monoisotopic (exact) mass is 161 g/mol. The van der Waals surface area contributed by atoms with Crippen LogP contribution in [0.3, 0.4) is 0 Å². The highest BCUT2D eigenvalue weighted by Crippen LogP contribution is 1.83. The minimum Gasteiger partial charge on any atom is -0.567 e. The van der Waals surface area contributed by atoms with E-state index in [0.717, 1.165) is 0 Å². The minimum absolute atomic E-state index is 0.264. The van der Waals surface area contributed by atoms with E-state index in [1.165, 1.54) is 6.08 Å². The van der Waals surface area contributed by atoms with E-state index in [2.05, 4.69) is 24.5 Å². The smallest absolute Gasteiger partial charge is 0.441 e. The maximum absolute atomic E-state index is 8.22. The third-order valence-corrected chi connectivity index (χ3v) is 0.368. The number of hydrogen-bond acceptors (Lipinski definition) is 3. The van der Waals surface area contributed by atoms with Gasteiger partial charge in [0.15, 0.2) is 0 Å². The van der Waals surface area contributed by atoms with Crippen LogP contribution in [0.4, 0.5) is 0 Å². The van der Waals surface area contributed by atoms with Crippen LogP contribution in [-0.2, 0) is 4.74 Å². The van der Waals surface area contributed by atoms with Crippen LogP contribution in [0.2, 0.25) is 0 Å². The van der Waals surface area contributed by atoms with Crippen molar-refractivity contribution in [3.8, 4) is 0 Å². The van der Waals surface area contributed by atoms with E-state index >= 15 is 0 Å². The van der Waals surface area contributed by atoms with Crippen LogP contribution in [-0.4, -0.2) is 21.9 Å². The van der Waals surface area contributed by atoms with E-state index in [-0.39, 0.29) is 5.95 Å². The highest BCUT2D eigenvalue weighted by atomic mass is 16.6. The molecule has 4 N–H and O–H groups in total.